The molecule has 1 heterocycles. The first-order valence-electron chi connectivity index (χ1n) is 8.54. The van der Waals surface area contributed by atoms with Gasteiger partial charge in [0.25, 0.3) is 11.5 Å². The fraction of sp³-hybridized carbons (Fsp3) is 0.333. The molecule has 0 aliphatic heterocycles. The molecule has 0 atom stereocenters. The maximum Gasteiger partial charge on any atom is 0.271 e. The summed E-state index contributed by atoms with van der Waals surface area (Å²) < 4.78 is 1.78. The Kier molecular flexibility index (Phi) is 5.62. The number of H-pyrrole nitrogens is 1. The number of aromatic amines is 1. The Morgan fingerprint density at radius 3 is 2.65 bits per heavy atom. The zero-order valence-corrected chi connectivity index (χ0v) is 15.0. The van der Waals surface area contributed by atoms with Crippen molar-refractivity contribution in [3.8, 4) is 5.88 Å². The van der Waals surface area contributed by atoms with Gasteiger partial charge in [-0.3, -0.25) is 19.1 Å². The number of carbonyl (C=O) groups is 1. The molecule has 26 heavy (non-hydrogen) atoms. The van der Waals surface area contributed by atoms with Gasteiger partial charge in [-0.2, -0.15) is 5.10 Å². The molecule has 0 saturated heterocycles. The predicted octanol–water partition coefficient (Wildman–Crippen LogP) is 2.88. The zero-order valence-electron chi connectivity index (χ0n) is 14.1. The first-order valence-corrected chi connectivity index (χ1v) is 8.95. The number of nitrogens with one attached hydrogen (secondary N) is 2. The van der Waals surface area contributed by atoms with Crippen molar-refractivity contribution >= 4 is 24.3 Å². The molecular weight excluding hydrogens is 352 g/mol. The zero-order chi connectivity index (χ0) is 18.5. The van der Waals surface area contributed by atoms with Crippen molar-refractivity contribution in [3.05, 3.63) is 56.6 Å². The number of amides is 1. The van der Waals surface area contributed by atoms with Crippen LogP contribution in [0.1, 0.15) is 54.1 Å². The highest BCUT2D eigenvalue weighted by Crippen LogP contribution is 2.31. The molecule has 1 aromatic heterocycles. The van der Waals surface area contributed by atoms with Crippen molar-refractivity contribution in [2.45, 2.75) is 38.1 Å². The van der Waals surface area contributed by atoms with Crippen LogP contribution in [-0.4, -0.2) is 26.8 Å². The molecule has 3 rings (SSSR count). The number of rotatable bonds is 4. The number of hydrogen-bond acceptors (Lipinski definition) is 5. The fourth-order valence-corrected chi connectivity index (χ4v) is 3.48. The highest BCUT2D eigenvalue weighted by atomic mass is 32.1. The van der Waals surface area contributed by atoms with Gasteiger partial charge in [0.15, 0.2) is 4.77 Å². The first kappa shape index (κ1) is 18.1. The molecule has 0 unspecified atom stereocenters. The summed E-state index contributed by atoms with van der Waals surface area (Å²) in [6, 6.07) is 8.64. The summed E-state index contributed by atoms with van der Waals surface area (Å²) in [6.07, 6.45) is 6.21. The lowest BCUT2D eigenvalue weighted by Gasteiger charge is -2.25. The van der Waals surface area contributed by atoms with E-state index in [1.807, 2.05) is 0 Å². The molecule has 7 nitrogen and oxygen atoms in total. The van der Waals surface area contributed by atoms with E-state index < -0.39 is 11.5 Å². The van der Waals surface area contributed by atoms with Crippen molar-refractivity contribution in [2.75, 3.05) is 0 Å². The fourth-order valence-electron chi connectivity index (χ4n) is 3.16. The molecule has 1 amide bonds. The van der Waals surface area contributed by atoms with Crippen LogP contribution >= 0.6 is 12.2 Å². The number of aromatic hydroxyl groups is 1. The number of benzene rings is 1. The third-order valence-electron chi connectivity index (χ3n) is 4.49. The summed E-state index contributed by atoms with van der Waals surface area (Å²) >= 11 is 5.22. The lowest BCUT2D eigenvalue weighted by atomic mass is 9.95. The molecule has 2 aromatic rings. The smallest absolute Gasteiger partial charge is 0.271 e. The van der Waals surface area contributed by atoms with Crippen LogP contribution in [0.5, 0.6) is 5.88 Å². The van der Waals surface area contributed by atoms with Gasteiger partial charge in [-0.05, 0) is 37.2 Å². The second-order valence-corrected chi connectivity index (χ2v) is 6.61. The van der Waals surface area contributed by atoms with Crippen molar-refractivity contribution < 1.29 is 9.90 Å². The molecule has 3 N–H and O–H groups in total. The molecule has 1 fully saturated rings. The number of hydrogen-bond donors (Lipinski definition) is 3. The molecular formula is C18H20N4O3S. The molecule has 0 spiro atoms. The summed E-state index contributed by atoms with van der Waals surface area (Å²) in [7, 11) is 0. The van der Waals surface area contributed by atoms with Crippen LogP contribution < -0.4 is 11.0 Å². The van der Waals surface area contributed by atoms with Crippen LogP contribution in [-0.2, 0) is 0 Å². The van der Waals surface area contributed by atoms with Gasteiger partial charge in [-0.15, -0.1) is 0 Å². The molecule has 1 aliphatic rings. The van der Waals surface area contributed by atoms with Crippen molar-refractivity contribution in [1.82, 2.24) is 15.0 Å². The van der Waals surface area contributed by atoms with Gasteiger partial charge < -0.3 is 5.11 Å². The summed E-state index contributed by atoms with van der Waals surface area (Å²) in [5.74, 6) is -0.624. The topological polar surface area (TPSA) is 99.5 Å². The van der Waals surface area contributed by atoms with Crippen LogP contribution in [0.15, 0.2) is 40.2 Å². The third-order valence-corrected chi connectivity index (χ3v) is 4.79. The maximum atomic E-state index is 12.1. The Labute approximate surface area is 155 Å². The van der Waals surface area contributed by atoms with Crippen LogP contribution in [0.2, 0.25) is 0 Å². The number of nitrogens with zero attached hydrogens (tertiary/aromatic N) is 2. The van der Waals surface area contributed by atoms with E-state index in [0.717, 1.165) is 38.3 Å². The number of carbonyl (C=O) groups excluding carboxylic acids is 1. The van der Waals surface area contributed by atoms with Gasteiger partial charge in [0.1, 0.15) is 5.56 Å². The standard InChI is InChI=1S/C18H20N4O3S/c23-15(12-7-3-1-4-8-12)21-19-11-14-16(24)20-18(26)22(17(14)25)13-9-5-2-6-10-13/h1,3-4,7-8,11,13,25H,2,5-6,9-10H2,(H,21,23)(H,20,24,26)/b19-11+. The summed E-state index contributed by atoms with van der Waals surface area (Å²) in [5, 5.41) is 14.4. The van der Waals surface area contributed by atoms with Gasteiger partial charge >= 0.3 is 0 Å². The molecule has 8 heteroatoms. The van der Waals surface area contributed by atoms with Crippen molar-refractivity contribution in [3.63, 3.8) is 0 Å². The van der Waals surface area contributed by atoms with Crippen LogP contribution in [0.25, 0.3) is 0 Å². The van der Waals surface area contributed by atoms with E-state index in [0.29, 0.717) is 5.56 Å². The van der Waals surface area contributed by atoms with Crippen LogP contribution in [0.3, 0.4) is 0 Å². The Morgan fingerprint density at radius 1 is 1.27 bits per heavy atom. The number of aromatic nitrogens is 2. The molecule has 0 radical (unpaired) electrons. The van der Waals surface area contributed by atoms with E-state index in [-0.39, 0.29) is 22.3 Å². The normalized spacial score (nSPS) is 15.2. The second kappa shape index (κ2) is 8.09. The lowest BCUT2D eigenvalue weighted by Crippen LogP contribution is -2.24. The molecule has 1 aromatic carbocycles. The average molecular weight is 372 g/mol. The van der Waals surface area contributed by atoms with Gasteiger partial charge in [0.05, 0.1) is 6.21 Å². The van der Waals surface area contributed by atoms with Gasteiger partial charge in [0.2, 0.25) is 5.88 Å². The average Bonchev–Trinajstić information content (AvgIpc) is 2.65. The maximum absolute atomic E-state index is 12.1. The molecule has 0 bridgehead atoms. The van der Waals surface area contributed by atoms with E-state index in [4.69, 9.17) is 12.2 Å². The SMILES string of the molecule is O=C(N/N=C/c1c(O)n(C2CCCCC2)c(=S)[nH]c1=O)c1ccccc1. The quantitative estimate of drug-likeness (QED) is 0.436. The summed E-state index contributed by atoms with van der Waals surface area (Å²) in [4.78, 5) is 26.7. The Morgan fingerprint density at radius 2 is 1.96 bits per heavy atom. The van der Waals surface area contributed by atoms with Crippen LogP contribution in [0, 0.1) is 4.77 Å². The molecule has 1 saturated carbocycles. The first-order chi connectivity index (χ1) is 12.6. The summed E-state index contributed by atoms with van der Waals surface area (Å²) in [6.45, 7) is 0. The predicted molar refractivity (Wildman–Crippen MR) is 101 cm³/mol. The Hall–Kier alpha value is -2.74. The minimum absolute atomic E-state index is 0.0301. The highest BCUT2D eigenvalue weighted by Gasteiger charge is 2.21. The van der Waals surface area contributed by atoms with Crippen molar-refractivity contribution in [2.24, 2.45) is 5.10 Å². The minimum Gasteiger partial charge on any atom is -0.494 e. The Balaban J connectivity index is 1.84. The van der Waals surface area contributed by atoms with Gasteiger partial charge in [-0.1, -0.05) is 37.5 Å². The van der Waals surface area contributed by atoms with E-state index >= 15 is 0 Å². The second-order valence-electron chi connectivity index (χ2n) is 6.22. The van der Waals surface area contributed by atoms with Crippen molar-refractivity contribution in [1.29, 1.82) is 0 Å². The Bertz CT molecular complexity index is 928. The minimum atomic E-state index is -0.544. The van der Waals surface area contributed by atoms with E-state index in [9.17, 15) is 14.7 Å². The summed E-state index contributed by atoms with van der Waals surface area (Å²) in [5.41, 5.74) is 2.22. The van der Waals surface area contributed by atoms with E-state index in [2.05, 4.69) is 15.5 Å². The van der Waals surface area contributed by atoms with Gasteiger partial charge in [-0.25, -0.2) is 5.43 Å². The highest BCUT2D eigenvalue weighted by molar-refractivity contribution is 7.71. The van der Waals surface area contributed by atoms with Gasteiger partial charge in [0, 0.05) is 11.6 Å². The molecule has 136 valence electrons. The largest absolute Gasteiger partial charge is 0.494 e. The van der Waals surface area contributed by atoms with E-state index in [1.54, 1.807) is 34.9 Å². The monoisotopic (exact) mass is 372 g/mol. The third kappa shape index (κ3) is 3.91. The lowest BCUT2D eigenvalue weighted by molar-refractivity contribution is 0.0955. The van der Waals surface area contributed by atoms with E-state index in [1.165, 1.54) is 0 Å². The number of hydrazone groups is 1. The van der Waals surface area contributed by atoms with Crippen LogP contribution in [0.4, 0.5) is 0 Å². The molecule has 1 aliphatic carbocycles.